The summed E-state index contributed by atoms with van der Waals surface area (Å²) in [6, 6.07) is 7.31. The topological polar surface area (TPSA) is 66.6 Å². The second kappa shape index (κ2) is 6.08. The first-order valence-electron chi connectivity index (χ1n) is 7.61. The minimum absolute atomic E-state index is 0.0751. The van der Waals surface area contributed by atoms with Gasteiger partial charge in [0, 0.05) is 28.8 Å². The maximum atomic E-state index is 13.8. The molecule has 1 aromatic heterocycles. The molecule has 3 rings (SSSR count). The maximum absolute atomic E-state index is 13.8. The van der Waals surface area contributed by atoms with Gasteiger partial charge in [0.15, 0.2) is 17.5 Å². The number of aryl methyl sites for hydroxylation is 2. The van der Waals surface area contributed by atoms with Gasteiger partial charge in [0.1, 0.15) is 11.6 Å². The highest BCUT2D eigenvalue weighted by Crippen LogP contribution is 2.51. The lowest BCUT2D eigenvalue weighted by Crippen LogP contribution is -2.17. The average Bonchev–Trinajstić information content (AvgIpc) is 3.27. The third-order valence-corrected chi connectivity index (χ3v) is 4.20. The summed E-state index contributed by atoms with van der Waals surface area (Å²) in [4.78, 5) is 21.0. The first-order valence-corrected chi connectivity index (χ1v) is 7.61. The summed E-state index contributed by atoms with van der Waals surface area (Å²) in [5.41, 5.74) is 1.25. The van der Waals surface area contributed by atoms with Gasteiger partial charge in [-0.1, -0.05) is 6.07 Å². The number of carbonyl (C=O) groups is 1. The molecular weight excluding hydrogens is 312 g/mol. The van der Waals surface area contributed by atoms with E-state index in [1.54, 1.807) is 19.9 Å². The monoisotopic (exact) mass is 327 g/mol. The van der Waals surface area contributed by atoms with Crippen LogP contribution in [0.15, 0.2) is 24.3 Å². The summed E-state index contributed by atoms with van der Waals surface area (Å²) >= 11 is 0. The van der Waals surface area contributed by atoms with E-state index in [2.05, 4.69) is 9.97 Å². The second-order valence-corrected chi connectivity index (χ2v) is 6.06. The lowest BCUT2D eigenvalue weighted by Gasteiger charge is -2.09. The van der Waals surface area contributed by atoms with Crippen molar-refractivity contribution in [2.45, 2.75) is 32.1 Å². The van der Waals surface area contributed by atoms with Crippen LogP contribution in [0.2, 0.25) is 0 Å². The largest absolute Gasteiger partial charge is 0.297 e. The number of Topliss-reactive ketones (excluding diaryl/α,β-unsaturated/α-hetero) is 1. The summed E-state index contributed by atoms with van der Waals surface area (Å²) in [5, 5.41) is 9.38. The van der Waals surface area contributed by atoms with Gasteiger partial charge in [0.25, 0.3) is 0 Å². The number of benzene rings is 1. The zero-order valence-corrected chi connectivity index (χ0v) is 13.3. The van der Waals surface area contributed by atoms with E-state index in [4.69, 9.17) is 0 Å². The van der Waals surface area contributed by atoms with Crippen molar-refractivity contribution in [1.29, 1.82) is 5.26 Å². The molecular formula is C18H15F2N3O. The van der Waals surface area contributed by atoms with Crippen molar-refractivity contribution in [3.05, 3.63) is 58.7 Å². The van der Waals surface area contributed by atoms with Gasteiger partial charge in [0.2, 0.25) is 0 Å². The van der Waals surface area contributed by atoms with E-state index in [0.717, 1.165) is 0 Å². The molecule has 1 heterocycles. The Kier molecular flexibility index (Phi) is 4.10. The minimum Gasteiger partial charge on any atom is -0.297 e. The zero-order chi connectivity index (χ0) is 17.4. The summed E-state index contributed by atoms with van der Waals surface area (Å²) < 4.78 is 27.7. The van der Waals surface area contributed by atoms with Crippen molar-refractivity contribution in [2.75, 3.05) is 0 Å². The van der Waals surface area contributed by atoms with Crippen LogP contribution in [0.3, 0.4) is 0 Å². The second-order valence-electron chi connectivity index (χ2n) is 6.06. The van der Waals surface area contributed by atoms with Gasteiger partial charge in [-0.25, -0.2) is 18.7 Å². The third kappa shape index (κ3) is 2.90. The van der Waals surface area contributed by atoms with Crippen LogP contribution in [-0.2, 0) is 4.79 Å². The van der Waals surface area contributed by atoms with Crippen LogP contribution in [-0.4, -0.2) is 15.8 Å². The molecule has 1 saturated carbocycles. The Morgan fingerprint density at radius 2 is 1.83 bits per heavy atom. The standard InChI is InChI=1S/C18H15F2N3O/c1-9-6-10(2)23-18(22-9)13(8-21)17(24)12-7-11(12)16-14(19)4-3-5-15(16)20/h3-6,11-13H,7H2,1-2H3/t11-,12+,13+/m0/s1. The van der Waals surface area contributed by atoms with Crippen LogP contribution < -0.4 is 0 Å². The van der Waals surface area contributed by atoms with E-state index < -0.39 is 29.4 Å². The molecule has 0 spiro atoms. The fraction of sp³-hybridized carbons (Fsp3) is 0.333. The van der Waals surface area contributed by atoms with E-state index >= 15 is 0 Å². The van der Waals surface area contributed by atoms with Gasteiger partial charge >= 0.3 is 0 Å². The Morgan fingerprint density at radius 1 is 1.25 bits per heavy atom. The van der Waals surface area contributed by atoms with Crippen LogP contribution in [0.25, 0.3) is 0 Å². The molecule has 24 heavy (non-hydrogen) atoms. The van der Waals surface area contributed by atoms with E-state index in [-0.39, 0.29) is 17.2 Å². The van der Waals surface area contributed by atoms with Gasteiger partial charge < -0.3 is 0 Å². The Bertz CT molecular complexity index is 819. The molecule has 0 aliphatic heterocycles. The van der Waals surface area contributed by atoms with Gasteiger partial charge in [0.05, 0.1) is 6.07 Å². The van der Waals surface area contributed by atoms with Crippen molar-refractivity contribution in [3.63, 3.8) is 0 Å². The van der Waals surface area contributed by atoms with Crippen LogP contribution in [0.1, 0.15) is 41.0 Å². The Morgan fingerprint density at radius 3 is 2.38 bits per heavy atom. The molecule has 2 aromatic rings. The van der Waals surface area contributed by atoms with Gasteiger partial charge in [-0.15, -0.1) is 0 Å². The molecule has 0 bridgehead atoms. The number of carbonyl (C=O) groups excluding carboxylic acids is 1. The SMILES string of the molecule is Cc1cc(C)nc([C@H](C#N)C(=O)[C@@H]2C[C@@H]2c2c(F)cccc2F)n1. The predicted octanol–water partition coefficient (Wildman–Crippen LogP) is 3.35. The molecule has 1 aliphatic carbocycles. The van der Waals surface area contributed by atoms with Gasteiger partial charge in [-0.05, 0) is 38.5 Å². The molecule has 6 heteroatoms. The normalized spacial score (nSPS) is 20.3. The summed E-state index contributed by atoms with van der Waals surface area (Å²) in [7, 11) is 0. The molecule has 4 nitrogen and oxygen atoms in total. The first kappa shape index (κ1) is 16.2. The van der Waals surface area contributed by atoms with E-state index in [1.807, 2.05) is 6.07 Å². The molecule has 1 aromatic carbocycles. The molecule has 0 unspecified atom stereocenters. The highest BCUT2D eigenvalue weighted by atomic mass is 19.1. The fourth-order valence-corrected chi connectivity index (χ4v) is 3.04. The lowest BCUT2D eigenvalue weighted by molar-refractivity contribution is -0.120. The summed E-state index contributed by atoms with van der Waals surface area (Å²) in [5.74, 6) is -3.77. The van der Waals surface area contributed by atoms with Crippen LogP contribution >= 0.6 is 0 Å². The molecule has 0 N–H and O–H groups in total. The quantitative estimate of drug-likeness (QED) is 0.863. The van der Waals surface area contributed by atoms with Crippen molar-refractivity contribution >= 4 is 5.78 Å². The van der Waals surface area contributed by atoms with Crippen LogP contribution in [0, 0.1) is 42.7 Å². The number of nitrogens with zero attached hydrogens (tertiary/aromatic N) is 3. The third-order valence-electron chi connectivity index (χ3n) is 4.20. The fourth-order valence-electron chi connectivity index (χ4n) is 3.04. The maximum Gasteiger partial charge on any atom is 0.164 e. The van der Waals surface area contributed by atoms with Crippen LogP contribution in [0.5, 0.6) is 0 Å². The highest BCUT2D eigenvalue weighted by molar-refractivity contribution is 5.92. The molecule has 0 amide bonds. The minimum atomic E-state index is -1.12. The summed E-state index contributed by atoms with van der Waals surface area (Å²) in [6.45, 7) is 3.51. The Labute approximate surface area is 138 Å². The lowest BCUT2D eigenvalue weighted by atomic mass is 9.97. The molecule has 3 atom stereocenters. The van der Waals surface area contributed by atoms with E-state index in [0.29, 0.717) is 17.8 Å². The van der Waals surface area contributed by atoms with Gasteiger partial charge in [-0.2, -0.15) is 5.26 Å². The number of nitriles is 1. The predicted molar refractivity (Wildman–Crippen MR) is 82.1 cm³/mol. The van der Waals surface area contributed by atoms with E-state index in [9.17, 15) is 18.8 Å². The molecule has 1 fully saturated rings. The summed E-state index contributed by atoms with van der Waals surface area (Å²) in [6.07, 6.45) is 0.333. The molecule has 0 radical (unpaired) electrons. The number of rotatable bonds is 4. The number of hydrogen-bond donors (Lipinski definition) is 0. The molecule has 1 aliphatic rings. The number of ketones is 1. The van der Waals surface area contributed by atoms with Crippen LogP contribution in [0.4, 0.5) is 8.78 Å². The molecule has 0 saturated heterocycles. The Balaban J connectivity index is 1.86. The first-order chi connectivity index (χ1) is 11.4. The van der Waals surface area contributed by atoms with Crippen molar-refractivity contribution in [2.24, 2.45) is 5.92 Å². The number of halogens is 2. The zero-order valence-electron chi connectivity index (χ0n) is 13.3. The molecule has 122 valence electrons. The number of hydrogen-bond acceptors (Lipinski definition) is 4. The highest BCUT2D eigenvalue weighted by Gasteiger charge is 2.49. The van der Waals surface area contributed by atoms with Crippen molar-refractivity contribution in [1.82, 2.24) is 9.97 Å². The van der Waals surface area contributed by atoms with E-state index in [1.165, 1.54) is 18.2 Å². The smallest absolute Gasteiger partial charge is 0.164 e. The average molecular weight is 327 g/mol. The Hall–Kier alpha value is -2.68. The number of aromatic nitrogens is 2. The van der Waals surface area contributed by atoms with Gasteiger partial charge in [-0.3, -0.25) is 4.79 Å². The van der Waals surface area contributed by atoms with Crippen molar-refractivity contribution in [3.8, 4) is 6.07 Å². The van der Waals surface area contributed by atoms with Crippen molar-refractivity contribution < 1.29 is 13.6 Å².